The van der Waals surface area contributed by atoms with Gasteiger partial charge in [0.1, 0.15) is 6.54 Å². The van der Waals surface area contributed by atoms with Crippen LogP contribution in [0.3, 0.4) is 0 Å². The molecule has 1 amide bonds. The van der Waals surface area contributed by atoms with Crippen LogP contribution in [0.25, 0.3) is 0 Å². The molecule has 0 aliphatic heterocycles. The van der Waals surface area contributed by atoms with Gasteiger partial charge in [-0.3, -0.25) is 4.79 Å². The van der Waals surface area contributed by atoms with Gasteiger partial charge >= 0.3 is 0 Å². The molecule has 0 bridgehead atoms. The van der Waals surface area contributed by atoms with Gasteiger partial charge in [-0.05, 0) is 41.8 Å². The summed E-state index contributed by atoms with van der Waals surface area (Å²) in [4.78, 5) is 12.2. The average molecular weight is 315 g/mol. The van der Waals surface area contributed by atoms with E-state index in [4.69, 9.17) is 0 Å². The van der Waals surface area contributed by atoms with Gasteiger partial charge < -0.3 is 5.32 Å². The fourth-order valence-electron chi connectivity index (χ4n) is 2.52. The molecule has 6 heteroatoms. The molecule has 124 valence electrons. The lowest BCUT2D eigenvalue weighted by molar-refractivity contribution is -0.122. The molecule has 0 fully saturated rings. The normalized spacial score (nSPS) is 12.9. The Bertz CT molecular complexity index is 672. The highest BCUT2D eigenvalue weighted by Gasteiger charge is 2.23. The fraction of sp³-hybridized carbons (Fsp3) is 0.529. The van der Waals surface area contributed by atoms with Crippen LogP contribution < -0.4 is 5.32 Å². The Hall–Kier alpha value is -2.24. The highest BCUT2D eigenvalue weighted by molar-refractivity contribution is 5.76. The second-order valence-electron chi connectivity index (χ2n) is 7.01. The fourth-order valence-corrected chi connectivity index (χ4v) is 2.52. The smallest absolute Gasteiger partial charge is 0.242 e. The Morgan fingerprint density at radius 1 is 1.30 bits per heavy atom. The Balaban J connectivity index is 1.95. The number of tetrazole rings is 1. The summed E-state index contributed by atoms with van der Waals surface area (Å²) in [5, 5.41) is 14.6. The molecule has 0 spiro atoms. The van der Waals surface area contributed by atoms with Crippen LogP contribution in [-0.4, -0.2) is 32.2 Å². The molecule has 0 saturated heterocycles. The quantitative estimate of drug-likeness (QED) is 0.916. The van der Waals surface area contributed by atoms with Crippen molar-refractivity contribution in [1.82, 2.24) is 25.5 Å². The lowest BCUT2D eigenvalue weighted by Gasteiger charge is -2.18. The molecule has 1 atom stereocenters. The number of rotatable bonds is 5. The molecule has 1 aromatic carbocycles. The molecule has 6 nitrogen and oxygen atoms in total. The van der Waals surface area contributed by atoms with Crippen molar-refractivity contribution in [2.75, 3.05) is 0 Å². The highest BCUT2D eigenvalue weighted by atomic mass is 16.2. The van der Waals surface area contributed by atoms with Crippen LogP contribution in [0.1, 0.15) is 44.6 Å². The molecule has 1 N–H and O–H groups in total. The third kappa shape index (κ3) is 4.61. The second-order valence-corrected chi connectivity index (χ2v) is 7.01. The van der Waals surface area contributed by atoms with Crippen LogP contribution in [-0.2, 0) is 23.2 Å². The zero-order valence-electron chi connectivity index (χ0n) is 14.5. The predicted octanol–water partition coefficient (Wildman–Crippen LogP) is 2.03. The van der Waals surface area contributed by atoms with Gasteiger partial charge in [0.25, 0.3) is 0 Å². The number of hydrogen-bond donors (Lipinski definition) is 1. The molecule has 1 aromatic heterocycles. The first-order valence-electron chi connectivity index (χ1n) is 7.88. The van der Waals surface area contributed by atoms with E-state index in [0.29, 0.717) is 5.82 Å². The average Bonchev–Trinajstić information content (AvgIpc) is 2.89. The number of hydrogen-bond acceptors (Lipinski definition) is 4. The molecule has 0 radical (unpaired) electrons. The molecule has 0 unspecified atom stereocenters. The Morgan fingerprint density at radius 2 is 2.00 bits per heavy atom. The van der Waals surface area contributed by atoms with Crippen molar-refractivity contribution >= 4 is 5.91 Å². The minimum atomic E-state index is -0.198. The number of benzene rings is 1. The number of aromatic nitrogens is 4. The summed E-state index contributed by atoms with van der Waals surface area (Å²) in [6, 6.07) is 8.28. The van der Waals surface area contributed by atoms with Gasteiger partial charge in [-0.25, -0.2) is 4.68 Å². The summed E-state index contributed by atoms with van der Waals surface area (Å²) in [5.41, 5.74) is 2.29. The van der Waals surface area contributed by atoms with E-state index in [0.717, 1.165) is 6.42 Å². The maximum atomic E-state index is 12.2. The first-order valence-corrected chi connectivity index (χ1v) is 7.88. The number of nitrogens with zero attached hydrogens (tertiary/aromatic N) is 4. The largest absolute Gasteiger partial charge is 0.352 e. The third-order valence-corrected chi connectivity index (χ3v) is 3.69. The standard InChI is InChI=1S/C17H25N5O/c1-12-8-6-7-9-14(12)10-13(2)18-15(23)11-22-16(17(3,4)5)19-20-21-22/h6-9,13H,10-11H2,1-5H3,(H,18,23)/t13-/m0/s1. The number of carbonyl (C=O) groups is 1. The Kier molecular flexibility index (Phi) is 5.13. The van der Waals surface area contributed by atoms with E-state index in [1.54, 1.807) is 4.68 Å². The Morgan fingerprint density at radius 3 is 2.65 bits per heavy atom. The third-order valence-electron chi connectivity index (χ3n) is 3.69. The van der Waals surface area contributed by atoms with E-state index in [9.17, 15) is 4.79 Å². The van der Waals surface area contributed by atoms with E-state index in [2.05, 4.69) is 39.9 Å². The van der Waals surface area contributed by atoms with Crippen LogP contribution in [0, 0.1) is 6.92 Å². The van der Waals surface area contributed by atoms with Crippen molar-refractivity contribution < 1.29 is 4.79 Å². The maximum Gasteiger partial charge on any atom is 0.242 e. The molecule has 2 rings (SSSR count). The van der Waals surface area contributed by atoms with E-state index >= 15 is 0 Å². The minimum absolute atomic E-state index is 0.0539. The minimum Gasteiger partial charge on any atom is -0.352 e. The van der Waals surface area contributed by atoms with Crippen LogP contribution in [0.15, 0.2) is 24.3 Å². The number of aryl methyl sites for hydroxylation is 1. The van der Waals surface area contributed by atoms with Crippen LogP contribution >= 0.6 is 0 Å². The number of amides is 1. The first-order chi connectivity index (χ1) is 10.8. The van der Waals surface area contributed by atoms with Gasteiger partial charge in [-0.2, -0.15) is 0 Å². The van der Waals surface area contributed by atoms with Gasteiger partial charge in [-0.1, -0.05) is 45.0 Å². The molecule has 2 aromatic rings. The first kappa shape index (κ1) is 17.1. The predicted molar refractivity (Wildman–Crippen MR) is 89.0 cm³/mol. The van der Waals surface area contributed by atoms with E-state index in [1.165, 1.54) is 11.1 Å². The van der Waals surface area contributed by atoms with Crippen molar-refractivity contribution in [3.05, 3.63) is 41.2 Å². The summed E-state index contributed by atoms with van der Waals surface area (Å²) < 4.78 is 1.57. The van der Waals surface area contributed by atoms with Gasteiger partial charge in [-0.15, -0.1) is 5.10 Å². The van der Waals surface area contributed by atoms with E-state index in [-0.39, 0.29) is 23.9 Å². The van der Waals surface area contributed by atoms with Gasteiger partial charge in [0.2, 0.25) is 5.91 Å². The summed E-state index contributed by atoms with van der Waals surface area (Å²) >= 11 is 0. The second kappa shape index (κ2) is 6.89. The SMILES string of the molecule is Cc1ccccc1C[C@H](C)NC(=O)Cn1nnnc1C(C)(C)C. The lowest BCUT2D eigenvalue weighted by Crippen LogP contribution is -2.37. The van der Waals surface area contributed by atoms with Crippen molar-refractivity contribution in [2.45, 2.75) is 59.0 Å². The van der Waals surface area contributed by atoms with Gasteiger partial charge in [0.05, 0.1) is 0 Å². The van der Waals surface area contributed by atoms with Crippen molar-refractivity contribution in [2.24, 2.45) is 0 Å². The van der Waals surface area contributed by atoms with Gasteiger partial charge in [0, 0.05) is 11.5 Å². The topological polar surface area (TPSA) is 72.7 Å². The number of nitrogens with one attached hydrogen (secondary N) is 1. The van der Waals surface area contributed by atoms with Crippen molar-refractivity contribution in [1.29, 1.82) is 0 Å². The molecule has 23 heavy (non-hydrogen) atoms. The highest BCUT2D eigenvalue weighted by Crippen LogP contribution is 2.18. The van der Waals surface area contributed by atoms with Crippen molar-refractivity contribution in [3.63, 3.8) is 0 Å². The van der Waals surface area contributed by atoms with E-state index < -0.39 is 0 Å². The molecular formula is C17H25N5O. The molecular weight excluding hydrogens is 290 g/mol. The zero-order chi connectivity index (χ0) is 17.0. The van der Waals surface area contributed by atoms with Crippen molar-refractivity contribution in [3.8, 4) is 0 Å². The molecule has 0 saturated carbocycles. The van der Waals surface area contributed by atoms with E-state index in [1.807, 2.05) is 39.8 Å². The number of carbonyl (C=O) groups excluding carboxylic acids is 1. The molecule has 0 aliphatic rings. The van der Waals surface area contributed by atoms with Crippen LogP contribution in [0.5, 0.6) is 0 Å². The maximum absolute atomic E-state index is 12.2. The summed E-state index contributed by atoms with van der Waals surface area (Å²) in [5.74, 6) is 0.628. The zero-order valence-corrected chi connectivity index (χ0v) is 14.5. The molecule has 1 heterocycles. The Labute approximate surface area is 137 Å². The van der Waals surface area contributed by atoms with Crippen LogP contribution in [0.4, 0.5) is 0 Å². The van der Waals surface area contributed by atoms with Crippen LogP contribution in [0.2, 0.25) is 0 Å². The molecule has 0 aliphatic carbocycles. The summed E-state index contributed by atoms with van der Waals surface area (Å²) in [6.45, 7) is 10.3. The lowest BCUT2D eigenvalue weighted by atomic mass is 9.96. The summed E-state index contributed by atoms with van der Waals surface area (Å²) in [7, 11) is 0. The van der Waals surface area contributed by atoms with Gasteiger partial charge in [0.15, 0.2) is 5.82 Å². The summed E-state index contributed by atoms with van der Waals surface area (Å²) in [6.07, 6.45) is 0.806. The monoisotopic (exact) mass is 315 g/mol.